The Labute approximate surface area is 229 Å². The standard InChI is InChI=1S/C32H38O7/c1-15(2)9-10-17(5)19-11-12-21(34)23-20(19)13-30(7)14-31(8)24(16(3)4)26(35)22(18(6)33)28(37)32(31,39)29(38)25(30)27(23)36/h10-12,16,22,24-25,34,39H,1,9,13-14H2,2-8H3/t22?,24?,25?,30-,31-,32+/m1/s1. The van der Waals surface area contributed by atoms with Gasteiger partial charge < -0.3 is 10.2 Å². The predicted octanol–water partition coefficient (Wildman–Crippen LogP) is 4.46. The zero-order chi connectivity index (χ0) is 29.4. The van der Waals surface area contributed by atoms with Crippen molar-refractivity contribution in [2.24, 2.45) is 34.5 Å². The van der Waals surface area contributed by atoms with Crippen molar-refractivity contribution in [3.05, 3.63) is 47.1 Å². The van der Waals surface area contributed by atoms with Gasteiger partial charge in [0.25, 0.3) is 0 Å². The topological polar surface area (TPSA) is 126 Å². The summed E-state index contributed by atoms with van der Waals surface area (Å²) in [6, 6.07) is 3.17. The molecule has 1 aromatic carbocycles. The lowest BCUT2D eigenvalue weighted by Crippen LogP contribution is -2.76. The Balaban J connectivity index is 1.96. The highest BCUT2D eigenvalue weighted by Crippen LogP contribution is 2.64. The highest BCUT2D eigenvalue weighted by Gasteiger charge is 2.76. The summed E-state index contributed by atoms with van der Waals surface area (Å²) in [6.45, 7) is 15.8. The van der Waals surface area contributed by atoms with E-state index in [1.807, 2.05) is 19.9 Å². The maximum atomic E-state index is 14.3. The molecule has 6 atom stereocenters. The number of fused-ring (bicyclic) bond motifs is 3. The van der Waals surface area contributed by atoms with E-state index in [-0.39, 0.29) is 30.1 Å². The van der Waals surface area contributed by atoms with Crippen LogP contribution in [-0.2, 0) is 25.6 Å². The van der Waals surface area contributed by atoms with E-state index in [2.05, 4.69) is 6.58 Å². The Morgan fingerprint density at radius 1 is 1.10 bits per heavy atom. The van der Waals surface area contributed by atoms with Gasteiger partial charge in [-0.15, -0.1) is 0 Å². The summed E-state index contributed by atoms with van der Waals surface area (Å²) in [5, 5.41) is 22.9. The zero-order valence-corrected chi connectivity index (χ0v) is 23.8. The first-order valence-electron chi connectivity index (χ1n) is 13.5. The van der Waals surface area contributed by atoms with Crippen molar-refractivity contribution in [1.29, 1.82) is 0 Å². The third-order valence-corrected chi connectivity index (χ3v) is 9.44. The van der Waals surface area contributed by atoms with Gasteiger partial charge in [-0.3, -0.25) is 24.0 Å². The molecule has 7 heteroatoms. The van der Waals surface area contributed by atoms with Gasteiger partial charge in [0.1, 0.15) is 17.5 Å². The van der Waals surface area contributed by atoms with E-state index in [1.54, 1.807) is 33.8 Å². The van der Waals surface area contributed by atoms with E-state index < -0.39 is 63.1 Å². The maximum Gasteiger partial charge on any atom is 0.190 e. The summed E-state index contributed by atoms with van der Waals surface area (Å²) in [5.74, 6) is -8.86. The van der Waals surface area contributed by atoms with Crippen LogP contribution in [0.4, 0.5) is 0 Å². The molecule has 208 valence electrons. The first kappa shape index (κ1) is 28.8. The van der Waals surface area contributed by atoms with Crippen LogP contribution in [-0.4, -0.2) is 44.7 Å². The van der Waals surface area contributed by atoms with Crippen LogP contribution in [0, 0.1) is 34.5 Å². The van der Waals surface area contributed by atoms with E-state index in [4.69, 9.17) is 0 Å². The number of phenols is 1. The molecule has 7 nitrogen and oxygen atoms in total. The predicted molar refractivity (Wildman–Crippen MR) is 146 cm³/mol. The first-order valence-corrected chi connectivity index (χ1v) is 13.5. The number of benzene rings is 1. The lowest BCUT2D eigenvalue weighted by molar-refractivity contribution is -0.205. The highest BCUT2D eigenvalue weighted by molar-refractivity contribution is 6.32. The number of aromatic hydroxyl groups is 1. The smallest absolute Gasteiger partial charge is 0.190 e. The average molecular weight is 535 g/mol. The lowest BCUT2D eigenvalue weighted by atomic mass is 9.40. The van der Waals surface area contributed by atoms with Crippen LogP contribution in [0.1, 0.15) is 82.8 Å². The molecule has 0 radical (unpaired) electrons. The lowest BCUT2D eigenvalue weighted by Gasteiger charge is -2.61. The van der Waals surface area contributed by atoms with Crippen LogP contribution in [0.5, 0.6) is 5.75 Å². The second-order valence-corrected chi connectivity index (χ2v) is 12.9. The van der Waals surface area contributed by atoms with Crippen LogP contribution in [0.3, 0.4) is 0 Å². The number of phenolic OH excluding ortho intramolecular Hbond substituents is 1. The molecule has 0 saturated heterocycles. The number of rotatable bonds is 5. The van der Waals surface area contributed by atoms with Crippen LogP contribution in [0.2, 0.25) is 0 Å². The Bertz CT molecular complexity index is 1380. The van der Waals surface area contributed by atoms with Gasteiger partial charge in [0.15, 0.2) is 28.7 Å². The van der Waals surface area contributed by atoms with Gasteiger partial charge in [-0.25, -0.2) is 0 Å². The molecule has 2 N–H and O–H groups in total. The number of ketones is 5. The second-order valence-electron chi connectivity index (χ2n) is 12.9. The van der Waals surface area contributed by atoms with E-state index in [9.17, 15) is 34.2 Å². The normalized spacial score (nSPS) is 34.5. The Hall–Kier alpha value is -3.19. The number of carbonyl (C=O) groups excluding carboxylic acids is 5. The molecule has 3 unspecified atom stereocenters. The van der Waals surface area contributed by atoms with E-state index in [0.29, 0.717) is 12.0 Å². The molecule has 0 heterocycles. The molecule has 0 bridgehead atoms. The molecule has 0 aliphatic heterocycles. The average Bonchev–Trinajstić information content (AvgIpc) is 2.79. The van der Waals surface area contributed by atoms with Crippen LogP contribution in [0.25, 0.3) is 5.57 Å². The van der Waals surface area contributed by atoms with Gasteiger partial charge in [0.2, 0.25) is 0 Å². The monoisotopic (exact) mass is 534 g/mol. The van der Waals surface area contributed by atoms with E-state index in [0.717, 1.165) is 23.6 Å². The number of Topliss-reactive ketones (excluding diaryl/α,β-unsaturated/α-hetero) is 5. The number of hydrogen-bond donors (Lipinski definition) is 2. The minimum atomic E-state index is -2.69. The van der Waals surface area contributed by atoms with Gasteiger partial charge in [0, 0.05) is 11.3 Å². The summed E-state index contributed by atoms with van der Waals surface area (Å²) in [4.78, 5) is 68.1. The molecule has 3 aliphatic rings. The zero-order valence-electron chi connectivity index (χ0n) is 23.8. The summed E-state index contributed by atoms with van der Waals surface area (Å²) < 4.78 is 0. The Morgan fingerprint density at radius 3 is 2.26 bits per heavy atom. The fourth-order valence-corrected chi connectivity index (χ4v) is 7.94. The first-order chi connectivity index (χ1) is 17.9. The molecule has 39 heavy (non-hydrogen) atoms. The fourth-order valence-electron chi connectivity index (χ4n) is 7.94. The van der Waals surface area contributed by atoms with Crippen molar-refractivity contribution in [3.63, 3.8) is 0 Å². The second kappa shape index (κ2) is 9.19. The van der Waals surface area contributed by atoms with Crippen LogP contribution < -0.4 is 0 Å². The molecule has 4 rings (SSSR count). The van der Waals surface area contributed by atoms with Crippen molar-refractivity contribution in [3.8, 4) is 5.75 Å². The van der Waals surface area contributed by atoms with Crippen LogP contribution >= 0.6 is 0 Å². The third-order valence-electron chi connectivity index (χ3n) is 9.44. The molecule has 1 aromatic rings. The van der Waals surface area contributed by atoms with E-state index in [1.165, 1.54) is 6.07 Å². The third kappa shape index (κ3) is 3.84. The summed E-state index contributed by atoms with van der Waals surface area (Å²) in [5.41, 5.74) is -2.02. The maximum absolute atomic E-state index is 14.3. The van der Waals surface area contributed by atoms with Gasteiger partial charge in [0.05, 0.1) is 11.5 Å². The fraction of sp³-hybridized carbons (Fsp3) is 0.531. The molecule has 0 spiro atoms. The van der Waals surface area contributed by atoms with Crippen molar-refractivity contribution >= 4 is 34.5 Å². The number of allylic oxidation sites excluding steroid dienone is 3. The van der Waals surface area contributed by atoms with Crippen molar-refractivity contribution in [2.45, 2.75) is 73.3 Å². The molecule has 2 fully saturated rings. The minimum absolute atomic E-state index is 0.0152. The summed E-state index contributed by atoms with van der Waals surface area (Å²) >= 11 is 0. The highest BCUT2D eigenvalue weighted by atomic mass is 16.3. The quantitative estimate of drug-likeness (QED) is 0.422. The molecule has 3 aliphatic carbocycles. The summed E-state index contributed by atoms with van der Waals surface area (Å²) in [6.07, 6.45) is 2.89. The van der Waals surface area contributed by atoms with Crippen molar-refractivity contribution in [1.82, 2.24) is 0 Å². The molecular formula is C32H38O7. The number of hydrogen-bond acceptors (Lipinski definition) is 7. The molecule has 0 amide bonds. The summed E-state index contributed by atoms with van der Waals surface area (Å²) in [7, 11) is 0. The van der Waals surface area contributed by atoms with E-state index >= 15 is 0 Å². The molecule has 0 aromatic heterocycles. The number of aliphatic hydroxyl groups is 1. The van der Waals surface area contributed by atoms with Crippen molar-refractivity contribution in [2.75, 3.05) is 0 Å². The Kier molecular flexibility index (Phi) is 6.79. The largest absolute Gasteiger partial charge is 0.507 e. The minimum Gasteiger partial charge on any atom is -0.507 e. The molecular weight excluding hydrogens is 496 g/mol. The molecule has 2 saturated carbocycles. The van der Waals surface area contributed by atoms with Gasteiger partial charge >= 0.3 is 0 Å². The Morgan fingerprint density at radius 2 is 1.72 bits per heavy atom. The number of carbonyl (C=O) groups is 5. The van der Waals surface area contributed by atoms with Crippen molar-refractivity contribution < 1.29 is 34.2 Å². The van der Waals surface area contributed by atoms with Crippen LogP contribution in [0.15, 0.2) is 30.4 Å². The van der Waals surface area contributed by atoms with Gasteiger partial charge in [-0.1, -0.05) is 52.0 Å². The van der Waals surface area contributed by atoms with Gasteiger partial charge in [-0.2, -0.15) is 0 Å². The van der Waals surface area contributed by atoms with Gasteiger partial charge in [-0.05, 0) is 74.1 Å². The SMILES string of the molecule is C=C(C)CC=C(C)c1ccc(O)c2c1C[C@]1(C)C[C@]3(C)C(C(C)C)C(=O)C(C(C)=O)C(=O)[C@]3(O)C(=O)C1C2=O.